The summed E-state index contributed by atoms with van der Waals surface area (Å²) in [6.45, 7) is 2.55. The maximum atomic E-state index is 11.8. The maximum Gasteiger partial charge on any atom is 0.232 e. The third kappa shape index (κ3) is 22.1. The Bertz CT molecular complexity index is 6930. The van der Waals surface area contributed by atoms with Gasteiger partial charge >= 0.3 is 0 Å². The summed E-state index contributed by atoms with van der Waals surface area (Å²) in [5.41, 5.74) is 11.2. The summed E-state index contributed by atoms with van der Waals surface area (Å²) in [7, 11) is -0.866. The molecule has 15 aromatic rings. The number of anilines is 6. The van der Waals surface area contributed by atoms with E-state index in [1.807, 2.05) is 66.7 Å². The van der Waals surface area contributed by atoms with Crippen molar-refractivity contribution < 1.29 is 93.9 Å². The molecule has 0 aliphatic carbocycles. The topological polar surface area (TPSA) is 473 Å². The van der Waals surface area contributed by atoms with Gasteiger partial charge in [-0.2, -0.15) is 0 Å². The largest absolute Gasteiger partial charge is 0.493 e. The molecule has 38 nitrogen and oxygen atoms in total. The zero-order valence-electron chi connectivity index (χ0n) is 71.3. The zero-order valence-corrected chi connectivity index (χ0v) is 77.0. The second kappa shape index (κ2) is 38.7. The van der Waals surface area contributed by atoms with Gasteiger partial charge in [0, 0.05) is 108 Å². The fraction of sp³-hybridized carbons (Fsp3) is 0.241. The van der Waals surface area contributed by atoms with Crippen LogP contribution in [0.4, 0.5) is 33.3 Å². The number of nitrogens with zero attached hydrogens (tertiary/aromatic N) is 13. The van der Waals surface area contributed by atoms with Crippen molar-refractivity contribution in [3.8, 4) is 90.1 Å². The second-order valence-corrected chi connectivity index (χ2v) is 39.6. The summed E-state index contributed by atoms with van der Waals surface area (Å²) in [6, 6.07) is 36.1. The third-order valence-corrected chi connectivity index (χ3v) is 24.6. The molecule has 0 saturated heterocycles. The van der Waals surface area contributed by atoms with E-state index in [2.05, 4.69) is 83.5 Å². The highest BCUT2D eigenvalue weighted by molar-refractivity contribution is 7.93. The number of sulfone groups is 1. The van der Waals surface area contributed by atoms with Crippen LogP contribution in [-0.2, 0) is 81.9 Å². The molecular weight excluding hydrogens is 1800 g/mol. The second-order valence-electron chi connectivity index (χ2n) is 28.4. The Morgan fingerprint density at radius 3 is 1.20 bits per heavy atom. The first-order valence-corrected chi connectivity index (χ1v) is 49.1. The number of ether oxygens (including phenoxy) is 10. The van der Waals surface area contributed by atoms with Crippen LogP contribution in [0.15, 0.2) is 164 Å². The quantitative estimate of drug-likeness (QED) is 0.0413. The van der Waals surface area contributed by atoms with E-state index < -0.39 is 49.9 Å². The van der Waals surface area contributed by atoms with Gasteiger partial charge in [0.15, 0.2) is 78.2 Å². The third-order valence-electron chi connectivity index (χ3n) is 19.3. The maximum absolute atomic E-state index is 11.8. The molecule has 2 aliphatic rings. The lowest BCUT2D eigenvalue weighted by molar-refractivity contribution is 0.356. The van der Waals surface area contributed by atoms with Crippen LogP contribution in [-0.4, -0.2) is 199 Å². The number of thiophene rings is 1. The molecule has 17 rings (SSSR count). The fourth-order valence-electron chi connectivity index (χ4n) is 13.9. The summed E-state index contributed by atoms with van der Waals surface area (Å²) in [5, 5.41) is 4.77. The van der Waals surface area contributed by atoms with Crippen molar-refractivity contribution in [2.45, 2.75) is 31.9 Å². The van der Waals surface area contributed by atoms with Crippen molar-refractivity contribution in [1.82, 2.24) is 54.8 Å². The van der Waals surface area contributed by atoms with Crippen molar-refractivity contribution >= 4 is 160 Å². The standard InChI is InChI=1S/C20H21N3O4S.C19H20N4O4S.C15H15N3O5S.C15H15N3O4S2.C14H14N4O4S2/c1-26-18-7-15-17(8-19(18)27-2)21-12-22-20(15)23-9-13-5-4-6-14(16(13)10-23)11-28(3,24)25;1-26-17-7-15-16(8-18(17)27-2)20-11-21-19(15)23-9-12-4-5-14(6-13(12)10-23)22-28(3,24)25;1-21-12-6-9-10(7-13(12)22-2)16-8-17-15(9)11-4-5-14(23-11)18-24(3,19)20;1-21-11-6-9-10(7-12(11)22-2)16-8-17-15(9)13-4-5-14(23-13)18-24(3,19)20;1-21-10-4-8-9(5-11(10)22-2)16-7-17-13(8)12-6-15-14(23-12)18-24(3,19)20/h4-8,12H,9-11H2,1-3H3;4-8,11,22H,9-10H2,1-3H3;2*4-8,18H,1-3H3;4-7H,1-3H3,(H,15,18). The fourth-order valence-corrected chi connectivity index (χ4v) is 19.2. The van der Waals surface area contributed by atoms with E-state index >= 15 is 0 Å². The van der Waals surface area contributed by atoms with Crippen LogP contribution < -0.4 is 76.1 Å². The monoisotopic (exact) mass is 1880 g/mol. The van der Waals surface area contributed by atoms with Crippen LogP contribution in [0, 0.1) is 0 Å². The first-order valence-electron chi connectivity index (χ1n) is 37.8. The Kier molecular flexibility index (Phi) is 27.8. The van der Waals surface area contributed by atoms with Crippen molar-refractivity contribution in [2.24, 2.45) is 0 Å². The zero-order chi connectivity index (χ0) is 91.7. The molecule has 45 heteroatoms. The average molecular weight is 1880 g/mol. The Hall–Kier alpha value is -13.6. The minimum atomic E-state index is -3.42. The van der Waals surface area contributed by atoms with E-state index in [-0.39, 0.29) is 16.8 Å². The van der Waals surface area contributed by atoms with Gasteiger partial charge in [-0.15, -0.1) is 11.3 Å². The highest BCUT2D eigenvalue weighted by atomic mass is 32.2. The Morgan fingerprint density at radius 2 is 0.750 bits per heavy atom. The van der Waals surface area contributed by atoms with Crippen molar-refractivity contribution in [1.29, 1.82) is 0 Å². The minimum Gasteiger partial charge on any atom is -0.493 e. The summed E-state index contributed by atoms with van der Waals surface area (Å²) in [5.74, 6) is 7.94. The normalized spacial score (nSPS) is 12.4. The molecule has 0 saturated carbocycles. The van der Waals surface area contributed by atoms with Gasteiger partial charge in [-0.1, -0.05) is 35.6 Å². The highest BCUT2D eigenvalue weighted by Gasteiger charge is 2.29. The first kappa shape index (κ1) is 92.1. The number of benzene rings is 7. The molecule has 0 fully saturated rings. The predicted octanol–water partition coefficient (Wildman–Crippen LogP) is 12.4. The van der Waals surface area contributed by atoms with E-state index in [0.717, 1.165) is 102 Å². The lowest BCUT2D eigenvalue weighted by atomic mass is 10.1. The molecule has 0 amide bonds. The Balaban J connectivity index is 0.000000137. The number of hydrogen-bond acceptors (Lipinski definition) is 36. The predicted molar refractivity (Wildman–Crippen MR) is 490 cm³/mol. The number of aromatic nitrogens is 11. The summed E-state index contributed by atoms with van der Waals surface area (Å²) in [6.07, 6.45) is 14.6. The van der Waals surface area contributed by atoms with E-state index in [1.54, 1.807) is 119 Å². The molecule has 7 aromatic carbocycles. The van der Waals surface area contributed by atoms with E-state index in [1.165, 1.54) is 73.7 Å². The van der Waals surface area contributed by atoms with E-state index in [4.69, 9.17) is 51.8 Å². The van der Waals surface area contributed by atoms with Crippen LogP contribution >= 0.6 is 22.7 Å². The summed E-state index contributed by atoms with van der Waals surface area (Å²) < 4.78 is 183. The Morgan fingerprint density at radius 1 is 0.352 bits per heavy atom. The molecule has 0 atom stereocenters. The van der Waals surface area contributed by atoms with Gasteiger partial charge in [-0.25, -0.2) is 96.9 Å². The van der Waals surface area contributed by atoms with Crippen molar-refractivity contribution in [3.05, 3.63) is 187 Å². The number of methoxy groups -OCH3 is 10. The molecule has 2 aliphatic heterocycles. The van der Waals surface area contributed by atoms with Gasteiger partial charge in [0.25, 0.3) is 0 Å². The lowest BCUT2D eigenvalue weighted by Gasteiger charge is -2.19. The molecule has 0 bridgehead atoms. The van der Waals surface area contributed by atoms with Gasteiger partial charge in [-0.05, 0) is 88.5 Å². The molecule has 0 radical (unpaired) electrons. The molecule has 0 unspecified atom stereocenters. The SMILES string of the molecule is COc1cc2ncnc(-c3ccc(NS(C)(=O)=O)o3)c2cc1OC.COc1cc2ncnc(-c3ccc(NS(C)(=O)=O)s3)c2cc1OC.COc1cc2ncnc(-c3cnc(NS(C)(=O)=O)s3)c2cc1OC.COc1cc2ncnc(N3Cc4ccc(NS(C)(=O)=O)cc4C3)c2cc1OC.COc1cc2ncnc(N3Cc4cccc(CS(C)(=O)=O)c4C3)c2cc1OC. The number of nitrogens with one attached hydrogen (secondary N) is 4. The number of fused-ring (bicyclic) bond motifs is 7. The average Bonchev–Trinajstić information content (AvgIpc) is 1.66. The number of hydrogen-bond donors (Lipinski definition) is 4. The molecule has 0 spiro atoms. The van der Waals surface area contributed by atoms with E-state index in [9.17, 15) is 42.1 Å². The Labute approximate surface area is 744 Å². The highest BCUT2D eigenvalue weighted by Crippen LogP contribution is 2.45. The smallest absolute Gasteiger partial charge is 0.232 e. The van der Waals surface area contributed by atoms with Crippen LogP contribution in [0.25, 0.3) is 87.1 Å². The number of furan rings is 1. The molecule has 8 aromatic heterocycles. The number of rotatable bonds is 25. The van der Waals surface area contributed by atoms with Crippen molar-refractivity contribution in [2.75, 3.05) is 131 Å². The van der Waals surface area contributed by atoms with Gasteiger partial charge in [0.05, 0.1) is 151 Å². The van der Waals surface area contributed by atoms with Crippen LogP contribution in [0.1, 0.15) is 27.8 Å². The van der Waals surface area contributed by atoms with Crippen LogP contribution in [0.2, 0.25) is 0 Å². The minimum absolute atomic E-state index is 0.0412. The van der Waals surface area contributed by atoms with Gasteiger partial charge in [-0.3, -0.25) is 18.9 Å². The van der Waals surface area contributed by atoms with Gasteiger partial charge in [0.2, 0.25) is 46.0 Å². The molecular formula is C83H85N17O21S7. The van der Waals surface area contributed by atoms with E-state index in [0.29, 0.717) is 144 Å². The van der Waals surface area contributed by atoms with Crippen LogP contribution in [0.3, 0.4) is 0 Å². The molecule has 10 heterocycles. The summed E-state index contributed by atoms with van der Waals surface area (Å²) >= 11 is 2.49. The number of thiazole rings is 1. The van der Waals surface area contributed by atoms with Crippen molar-refractivity contribution in [3.63, 3.8) is 0 Å². The number of sulfonamides is 4. The molecule has 670 valence electrons. The lowest BCUT2D eigenvalue weighted by Crippen LogP contribution is -2.17. The van der Waals surface area contributed by atoms with Crippen LogP contribution in [0.5, 0.6) is 57.5 Å². The summed E-state index contributed by atoms with van der Waals surface area (Å²) in [4.78, 5) is 53.2. The van der Waals surface area contributed by atoms with Gasteiger partial charge in [0.1, 0.15) is 54.0 Å². The molecule has 4 N–H and O–H groups in total. The first-order chi connectivity index (χ1) is 61.0. The van der Waals surface area contributed by atoms with Gasteiger partial charge < -0.3 is 61.6 Å². The molecule has 128 heavy (non-hydrogen) atoms.